The van der Waals surface area contributed by atoms with Crippen LogP contribution in [0.5, 0.6) is 0 Å². The number of benzene rings is 7. The number of aromatic nitrogens is 1. The molecule has 0 saturated carbocycles. The van der Waals surface area contributed by atoms with Crippen molar-refractivity contribution in [1.29, 1.82) is 0 Å². The molecule has 8 aromatic rings. The van der Waals surface area contributed by atoms with Gasteiger partial charge in [-0.1, -0.05) is 211 Å². The van der Waals surface area contributed by atoms with Crippen LogP contribution < -0.4 is 43.4 Å². The van der Waals surface area contributed by atoms with E-state index in [1.807, 2.05) is 219 Å². The molecule has 0 radical (unpaired) electrons. The molecule has 7 aromatic carbocycles. The van der Waals surface area contributed by atoms with Crippen LogP contribution in [0.15, 0.2) is 225 Å². The molecule has 3 aliphatic rings. The standard InChI is InChI=1S/C36H45Cl2N5O3.C35H46N6O3.C31H45N5O3/c1-25(40-2)34(44)41-33(18-16-26-10-5-3-6-11-26)36(46)43-20-9-14-29(43)24-42(21-19-27-12-7-4-8-13-27)35(45)32(39)23-28-15-17-30(37)31(38)22-28;1-26(37-2)33(42)39-32(16-15-27-10-5-3-6-11-27)35(44)41-22-9-14-30(41)25-40(23-19-28-12-7-4-8-13-28)34(43)31(36)24-29-17-20-38-21-18-29;1-24(32-2)30(38)33-28(18-17-25-12-7-5-8-13-25)31(39)36-20-11-16-27(36)22-35(29(37)23-34(3)4)21-19-26-14-9-6-10-15-26/h3-8,10-13,15,17,22,25,29,32-33,40H,9,14,16,18-21,23-24,39H2,1-2H3,(H,41,44);3-8,10-13,17-18,20-21,26,30-32,37H,9,14-16,19,22-25,36H2,1-2H3,(H,39,42);5-10,12-15,24,27-28,32H,11,16-23H2,1-4H3,(H,33,38)/t25-,29-,32+,33-;26-,30-,31+,32-;24-,27-,28-/m000/s1. The number of nitrogens with two attached hydrogens (primary N) is 2. The smallest absolute Gasteiger partial charge is 0.245 e. The Labute approximate surface area is 773 Å². The molecule has 25 nitrogen and oxygen atoms in total. The number of rotatable bonds is 44. The lowest BCUT2D eigenvalue weighted by Crippen LogP contribution is -2.56. The lowest BCUT2D eigenvalue weighted by molar-refractivity contribution is -0.140. The average molecular weight is 1800 g/mol. The number of likely N-dealkylation sites (N-methyl/N-ethyl adjacent to an activating group) is 4. The molecule has 3 fully saturated rings. The maximum Gasteiger partial charge on any atom is 0.245 e. The molecule has 9 amide bonds. The van der Waals surface area contributed by atoms with E-state index in [0.717, 1.165) is 83.9 Å². The van der Waals surface area contributed by atoms with Crippen LogP contribution in [0.3, 0.4) is 0 Å². The molecular formula is C102H136Cl2N16O9. The molecule has 1 aromatic heterocycles. The zero-order valence-corrected chi connectivity index (χ0v) is 78.0. The van der Waals surface area contributed by atoms with Crippen LogP contribution in [0.2, 0.25) is 10.0 Å². The molecule has 3 aliphatic heterocycles. The summed E-state index contributed by atoms with van der Waals surface area (Å²) in [6, 6.07) is 64.0. The molecule has 11 rings (SSSR count). The molecule has 27 heteroatoms. The molecule has 11 atom stereocenters. The number of carbonyl (C=O) groups excluding carboxylic acids is 9. The zero-order valence-electron chi connectivity index (χ0n) is 76.5. The summed E-state index contributed by atoms with van der Waals surface area (Å²) in [7, 11) is 8.96. The van der Waals surface area contributed by atoms with E-state index in [4.69, 9.17) is 34.7 Å². The summed E-state index contributed by atoms with van der Waals surface area (Å²) in [5, 5.41) is 18.7. The molecule has 4 heterocycles. The molecule has 0 spiro atoms. The molecular weight excluding hydrogens is 1660 g/mol. The number of nitrogens with zero attached hydrogens (tertiary/aromatic N) is 8. The largest absolute Gasteiger partial charge is 0.343 e. The summed E-state index contributed by atoms with van der Waals surface area (Å²) in [4.78, 5) is 139. The first-order valence-electron chi connectivity index (χ1n) is 45.7. The van der Waals surface area contributed by atoms with E-state index < -0.39 is 48.3 Å². The monoisotopic (exact) mass is 1800 g/mol. The van der Waals surface area contributed by atoms with Gasteiger partial charge in [-0.25, -0.2) is 0 Å². The Hall–Kier alpha value is -10.7. The number of aryl methyl sites for hydroxylation is 3. The molecule has 0 unspecified atom stereocenters. The van der Waals surface area contributed by atoms with Crippen molar-refractivity contribution in [3.05, 3.63) is 279 Å². The Morgan fingerprint density at radius 3 is 0.984 bits per heavy atom. The summed E-state index contributed by atoms with van der Waals surface area (Å²) < 4.78 is 0. The molecule has 692 valence electrons. The van der Waals surface area contributed by atoms with Crippen molar-refractivity contribution in [3.63, 3.8) is 0 Å². The van der Waals surface area contributed by atoms with Gasteiger partial charge in [-0.2, -0.15) is 0 Å². The van der Waals surface area contributed by atoms with E-state index in [1.54, 1.807) is 71.3 Å². The number of nitrogens with one attached hydrogen (secondary N) is 6. The van der Waals surface area contributed by atoms with Crippen LogP contribution in [-0.2, 0) is 94.5 Å². The van der Waals surface area contributed by atoms with Crippen molar-refractivity contribution in [2.24, 2.45) is 11.5 Å². The van der Waals surface area contributed by atoms with Crippen molar-refractivity contribution in [2.75, 3.05) is 101 Å². The normalized spacial score (nSPS) is 16.6. The van der Waals surface area contributed by atoms with Crippen LogP contribution in [0.1, 0.15) is 123 Å². The van der Waals surface area contributed by atoms with Crippen LogP contribution in [-0.4, -0.2) is 260 Å². The fraction of sp³-hybridized carbons (Fsp3) is 0.451. The highest BCUT2D eigenvalue weighted by atomic mass is 35.5. The summed E-state index contributed by atoms with van der Waals surface area (Å²) in [6.07, 6.45) is 14.6. The second-order valence-corrected chi connectivity index (χ2v) is 35.2. The fourth-order valence-electron chi connectivity index (χ4n) is 16.6. The third kappa shape index (κ3) is 33.3. The number of amides is 9. The van der Waals surface area contributed by atoms with Crippen molar-refractivity contribution in [1.82, 2.24) is 71.2 Å². The number of halogens is 2. The minimum Gasteiger partial charge on any atom is -0.343 e. The fourth-order valence-corrected chi connectivity index (χ4v) is 16.9. The Bertz CT molecular complexity index is 4750. The molecule has 0 bridgehead atoms. The van der Waals surface area contributed by atoms with Gasteiger partial charge >= 0.3 is 0 Å². The van der Waals surface area contributed by atoms with Gasteiger partial charge in [0.1, 0.15) is 18.1 Å². The molecule has 129 heavy (non-hydrogen) atoms. The Balaban J connectivity index is 0.000000219. The topological polar surface area (TPSA) is 313 Å². The van der Waals surface area contributed by atoms with Gasteiger partial charge in [-0.3, -0.25) is 48.1 Å². The van der Waals surface area contributed by atoms with Crippen LogP contribution in [0, 0.1) is 0 Å². The van der Waals surface area contributed by atoms with Gasteiger partial charge in [0, 0.05) is 89.4 Å². The van der Waals surface area contributed by atoms with E-state index in [2.05, 4.69) is 61.2 Å². The highest BCUT2D eigenvalue weighted by molar-refractivity contribution is 6.42. The van der Waals surface area contributed by atoms with Gasteiger partial charge in [0.15, 0.2) is 0 Å². The molecule has 0 aliphatic carbocycles. The zero-order chi connectivity index (χ0) is 92.6. The second-order valence-electron chi connectivity index (χ2n) is 34.3. The SMILES string of the molecule is CN[C@@H](C)C(=O)N[C@@H](CCc1ccccc1)C(=O)N1CCC[C@H]1CN(CCc1ccccc1)C(=O)CN(C)C.CN[C@@H](C)C(=O)N[C@@H](CCc1ccccc1)C(=O)N1CCC[C@H]1CN(CCc1ccccc1)C(=O)[C@H](N)Cc1ccc(Cl)c(Cl)c1.CN[C@@H](C)C(=O)N[C@@H](CCc1ccccc1)C(=O)N1CCC[C@H]1CN(CCc1ccccc1)C(=O)[C@H](N)Cc1ccncc1. The third-order valence-electron chi connectivity index (χ3n) is 24.5. The van der Waals surface area contributed by atoms with E-state index >= 15 is 0 Å². The quantitative estimate of drug-likeness (QED) is 0.0176. The lowest BCUT2D eigenvalue weighted by atomic mass is 10.0. The van der Waals surface area contributed by atoms with Crippen LogP contribution in [0.25, 0.3) is 0 Å². The first-order valence-corrected chi connectivity index (χ1v) is 46.5. The van der Waals surface area contributed by atoms with Gasteiger partial charge in [0.25, 0.3) is 0 Å². The van der Waals surface area contributed by atoms with Crippen molar-refractivity contribution in [2.45, 2.75) is 196 Å². The van der Waals surface area contributed by atoms with Crippen LogP contribution >= 0.6 is 23.2 Å². The summed E-state index contributed by atoms with van der Waals surface area (Å²) in [6.45, 7) is 10.3. The van der Waals surface area contributed by atoms with E-state index in [-0.39, 0.29) is 71.3 Å². The third-order valence-corrected chi connectivity index (χ3v) is 25.3. The van der Waals surface area contributed by atoms with E-state index in [9.17, 15) is 43.2 Å². The van der Waals surface area contributed by atoms with Crippen molar-refractivity contribution < 1.29 is 43.2 Å². The second kappa shape index (κ2) is 54.0. The summed E-state index contributed by atoms with van der Waals surface area (Å²) in [5.41, 5.74) is 21.5. The molecule has 10 N–H and O–H groups in total. The highest BCUT2D eigenvalue weighted by Gasteiger charge is 2.41. The van der Waals surface area contributed by atoms with Crippen LogP contribution in [0.4, 0.5) is 0 Å². The van der Waals surface area contributed by atoms with Crippen molar-refractivity contribution >= 4 is 76.4 Å². The first-order chi connectivity index (χ1) is 62.3. The first kappa shape index (κ1) is 102. The van der Waals surface area contributed by atoms with Gasteiger partial charge in [-0.05, 0) is 234 Å². The number of carbonyl (C=O) groups is 9. The minimum absolute atomic E-state index is 0.0619. The minimum atomic E-state index is -0.792. The van der Waals surface area contributed by atoms with Crippen molar-refractivity contribution in [3.8, 4) is 0 Å². The Kier molecular flexibility index (Phi) is 42.7. The van der Waals surface area contributed by atoms with E-state index in [1.165, 1.54) is 5.56 Å². The maximum atomic E-state index is 14.1. The number of likely N-dealkylation sites (tertiary alicyclic amines) is 3. The Morgan fingerprint density at radius 1 is 0.388 bits per heavy atom. The highest BCUT2D eigenvalue weighted by Crippen LogP contribution is 2.28. The summed E-state index contributed by atoms with van der Waals surface area (Å²) >= 11 is 12.3. The van der Waals surface area contributed by atoms with Gasteiger partial charge < -0.3 is 77.7 Å². The van der Waals surface area contributed by atoms with E-state index in [0.29, 0.717) is 140 Å². The molecule has 3 saturated heterocycles. The Morgan fingerprint density at radius 2 is 0.682 bits per heavy atom. The number of hydrogen-bond donors (Lipinski definition) is 8. The maximum absolute atomic E-state index is 14.1. The lowest BCUT2D eigenvalue weighted by Gasteiger charge is -2.34. The predicted molar refractivity (Wildman–Crippen MR) is 513 cm³/mol. The average Bonchev–Trinajstić information content (AvgIpc) is 1.82. The van der Waals surface area contributed by atoms with Gasteiger partial charge in [0.05, 0.1) is 46.8 Å². The van der Waals surface area contributed by atoms with Gasteiger partial charge in [0.2, 0.25) is 53.2 Å². The van der Waals surface area contributed by atoms with Gasteiger partial charge in [-0.15, -0.1) is 0 Å². The predicted octanol–water partition coefficient (Wildman–Crippen LogP) is 9.73. The summed E-state index contributed by atoms with van der Waals surface area (Å²) in [5.74, 6) is -1.16. The number of pyridine rings is 1. The number of hydrogen-bond acceptors (Lipinski definition) is 16.